The maximum Gasteiger partial charge on any atom is 0.124 e. The van der Waals surface area contributed by atoms with Crippen molar-refractivity contribution in [2.75, 3.05) is 26.3 Å². The van der Waals surface area contributed by atoms with Crippen LogP contribution in [-0.2, 0) is 11.3 Å². The molecule has 0 spiro atoms. The first-order chi connectivity index (χ1) is 7.90. The Hall–Kier alpha value is -1.10. The Labute approximate surface area is 95.2 Å². The second-order valence-electron chi connectivity index (χ2n) is 3.77. The van der Waals surface area contributed by atoms with Gasteiger partial charge in [0.2, 0.25) is 0 Å². The highest BCUT2D eigenvalue weighted by Gasteiger charge is 2.14. The topological polar surface area (TPSA) is 50.7 Å². The number of ether oxygens (including phenoxy) is 2. The Kier molecular flexibility index (Phi) is 4.16. The second kappa shape index (κ2) is 5.84. The molecule has 0 radical (unpaired) electrons. The molecule has 1 unspecified atom stereocenters. The number of nitrogens with one attached hydrogen (secondary N) is 1. The molecule has 1 aromatic rings. The van der Waals surface area contributed by atoms with Gasteiger partial charge in [-0.3, -0.25) is 0 Å². The first kappa shape index (κ1) is 11.4. The predicted octanol–water partition coefficient (Wildman–Crippen LogP) is 0.546. The van der Waals surface area contributed by atoms with E-state index in [4.69, 9.17) is 14.6 Å². The van der Waals surface area contributed by atoms with Crippen LogP contribution in [0.4, 0.5) is 0 Å². The van der Waals surface area contributed by atoms with Gasteiger partial charge in [0.1, 0.15) is 18.5 Å². The summed E-state index contributed by atoms with van der Waals surface area (Å²) in [5, 5.41) is 12.4. The summed E-state index contributed by atoms with van der Waals surface area (Å²) < 4.78 is 11.2. The summed E-state index contributed by atoms with van der Waals surface area (Å²) in [6.45, 7) is 2.98. The lowest BCUT2D eigenvalue weighted by Gasteiger charge is -2.24. The summed E-state index contributed by atoms with van der Waals surface area (Å²) in [5.41, 5.74) is 0.811. The van der Waals surface area contributed by atoms with Crippen LogP contribution >= 0.6 is 0 Å². The van der Waals surface area contributed by atoms with Crippen LogP contribution in [0.5, 0.6) is 5.75 Å². The molecule has 0 aromatic heterocycles. The smallest absolute Gasteiger partial charge is 0.124 e. The van der Waals surface area contributed by atoms with Crippen LogP contribution in [0.1, 0.15) is 5.56 Å². The van der Waals surface area contributed by atoms with Gasteiger partial charge in [0.25, 0.3) is 0 Å². The monoisotopic (exact) mass is 223 g/mol. The highest BCUT2D eigenvalue weighted by atomic mass is 16.5. The fourth-order valence-electron chi connectivity index (χ4n) is 1.68. The highest BCUT2D eigenvalue weighted by Crippen LogP contribution is 2.18. The van der Waals surface area contributed by atoms with Crippen LogP contribution in [-0.4, -0.2) is 37.5 Å². The first-order valence-electron chi connectivity index (χ1n) is 5.54. The van der Waals surface area contributed by atoms with E-state index in [2.05, 4.69) is 5.32 Å². The summed E-state index contributed by atoms with van der Waals surface area (Å²) in [4.78, 5) is 0. The molecule has 1 fully saturated rings. The van der Waals surface area contributed by atoms with E-state index in [-0.39, 0.29) is 12.7 Å². The third-order valence-electron chi connectivity index (χ3n) is 2.57. The fourth-order valence-corrected chi connectivity index (χ4v) is 1.68. The summed E-state index contributed by atoms with van der Waals surface area (Å²) in [6.07, 6.45) is 0.0977. The van der Waals surface area contributed by atoms with Gasteiger partial charge >= 0.3 is 0 Å². The highest BCUT2D eigenvalue weighted by molar-refractivity contribution is 5.32. The SMILES string of the molecule is OCc1ccccc1OCC1CNCCO1. The Balaban J connectivity index is 1.88. The molecule has 1 aliphatic rings. The zero-order valence-corrected chi connectivity index (χ0v) is 9.19. The number of hydrogen-bond acceptors (Lipinski definition) is 4. The molecule has 1 aliphatic heterocycles. The van der Waals surface area contributed by atoms with Crippen LogP contribution in [0.15, 0.2) is 24.3 Å². The van der Waals surface area contributed by atoms with E-state index in [0.29, 0.717) is 6.61 Å². The molecule has 0 aliphatic carbocycles. The number of hydrogen-bond donors (Lipinski definition) is 2. The third-order valence-corrected chi connectivity index (χ3v) is 2.57. The summed E-state index contributed by atoms with van der Waals surface area (Å²) in [5.74, 6) is 0.735. The molecule has 2 rings (SSSR count). The summed E-state index contributed by atoms with van der Waals surface area (Å²) in [6, 6.07) is 7.50. The van der Waals surface area contributed by atoms with Crippen LogP contribution < -0.4 is 10.1 Å². The maximum atomic E-state index is 9.13. The van der Waals surface area contributed by atoms with Crippen molar-refractivity contribution in [3.63, 3.8) is 0 Å². The quantitative estimate of drug-likeness (QED) is 0.782. The molecule has 1 heterocycles. The lowest BCUT2D eigenvalue weighted by atomic mass is 10.2. The van der Waals surface area contributed by atoms with Gasteiger partial charge in [-0.05, 0) is 6.07 Å². The van der Waals surface area contributed by atoms with E-state index in [1.165, 1.54) is 0 Å². The Morgan fingerprint density at radius 2 is 2.31 bits per heavy atom. The van der Waals surface area contributed by atoms with Crippen molar-refractivity contribution >= 4 is 0 Å². The summed E-state index contributed by atoms with van der Waals surface area (Å²) in [7, 11) is 0. The van der Waals surface area contributed by atoms with E-state index < -0.39 is 0 Å². The Morgan fingerprint density at radius 1 is 1.44 bits per heavy atom. The number of morpholine rings is 1. The first-order valence-corrected chi connectivity index (χ1v) is 5.54. The van der Waals surface area contributed by atoms with E-state index in [0.717, 1.165) is 31.0 Å². The molecule has 0 saturated carbocycles. The minimum atomic E-state index is -0.0000524. The van der Waals surface area contributed by atoms with Crippen molar-refractivity contribution < 1.29 is 14.6 Å². The maximum absolute atomic E-state index is 9.13. The van der Waals surface area contributed by atoms with Gasteiger partial charge in [-0.25, -0.2) is 0 Å². The van der Waals surface area contributed by atoms with E-state index >= 15 is 0 Å². The number of rotatable bonds is 4. The van der Waals surface area contributed by atoms with E-state index in [1.807, 2.05) is 24.3 Å². The summed E-state index contributed by atoms with van der Waals surface area (Å²) >= 11 is 0. The van der Waals surface area contributed by atoms with Crippen molar-refractivity contribution in [1.29, 1.82) is 0 Å². The predicted molar refractivity (Wildman–Crippen MR) is 60.5 cm³/mol. The molecule has 4 heteroatoms. The molecule has 1 aromatic carbocycles. The second-order valence-corrected chi connectivity index (χ2v) is 3.77. The van der Waals surface area contributed by atoms with Gasteiger partial charge in [-0.15, -0.1) is 0 Å². The largest absolute Gasteiger partial charge is 0.490 e. The van der Waals surface area contributed by atoms with Gasteiger partial charge in [0.05, 0.1) is 13.2 Å². The zero-order chi connectivity index (χ0) is 11.2. The number of aliphatic hydroxyl groups excluding tert-OH is 1. The lowest BCUT2D eigenvalue weighted by Crippen LogP contribution is -2.41. The third kappa shape index (κ3) is 2.95. The van der Waals surface area contributed by atoms with Crippen molar-refractivity contribution in [1.82, 2.24) is 5.32 Å². The molecule has 0 bridgehead atoms. The van der Waals surface area contributed by atoms with Gasteiger partial charge in [-0.2, -0.15) is 0 Å². The van der Waals surface area contributed by atoms with Crippen molar-refractivity contribution in [3.8, 4) is 5.75 Å². The molecular weight excluding hydrogens is 206 g/mol. The number of aliphatic hydroxyl groups is 1. The van der Waals surface area contributed by atoms with E-state index in [1.54, 1.807) is 0 Å². The van der Waals surface area contributed by atoms with Gasteiger partial charge in [0.15, 0.2) is 0 Å². The Morgan fingerprint density at radius 3 is 3.06 bits per heavy atom. The standard InChI is InChI=1S/C12H17NO3/c14-8-10-3-1-2-4-12(10)16-9-11-7-13-5-6-15-11/h1-4,11,13-14H,5-9H2. The van der Waals surface area contributed by atoms with Crippen LogP contribution in [0.25, 0.3) is 0 Å². The molecule has 0 amide bonds. The minimum absolute atomic E-state index is 0.0000524. The van der Waals surface area contributed by atoms with Crippen molar-refractivity contribution in [2.45, 2.75) is 12.7 Å². The molecular formula is C12H17NO3. The molecule has 2 N–H and O–H groups in total. The van der Waals surface area contributed by atoms with Gasteiger partial charge in [0, 0.05) is 18.7 Å². The molecule has 88 valence electrons. The molecule has 4 nitrogen and oxygen atoms in total. The van der Waals surface area contributed by atoms with Crippen LogP contribution in [0, 0.1) is 0 Å². The number of para-hydroxylation sites is 1. The fraction of sp³-hybridized carbons (Fsp3) is 0.500. The molecule has 1 atom stereocenters. The van der Waals surface area contributed by atoms with Gasteiger partial charge in [-0.1, -0.05) is 18.2 Å². The van der Waals surface area contributed by atoms with Crippen LogP contribution in [0.3, 0.4) is 0 Å². The molecule has 16 heavy (non-hydrogen) atoms. The lowest BCUT2D eigenvalue weighted by molar-refractivity contribution is -0.000196. The Bertz CT molecular complexity index is 324. The van der Waals surface area contributed by atoms with E-state index in [9.17, 15) is 0 Å². The number of benzene rings is 1. The van der Waals surface area contributed by atoms with Crippen molar-refractivity contribution in [2.24, 2.45) is 0 Å². The van der Waals surface area contributed by atoms with Crippen LogP contribution in [0.2, 0.25) is 0 Å². The average molecular weight is 223 g/mol. The minimum Gasteiger partial charge on any atom is -0.490 e. The van der Waals surface area contributed by atoms with Gasteiger partial charge < -0.3 is 19.9 Å². The normalized spacial score (nSPS) is 20.7. The zero-order valence-electron chi connectivity index (χ0n) is 9.19. The molecule has 1 saturated heterocycles. The van der Waals surface area contributed by atoms with Crippen molar-refractivity contribution in [3.05, 3.63) is 29.8 Å². The average Bonchev–Trinajstić information content (AvgIpc) is 2.38.